The maximum atomic E-state index is 5.75. The second-order valence-corrected chi connectivity index (χ2v) is 9.17. The van der Waals surface area contributed by atoms with Gasteiger partial charge in [-0.15, -0.1) is 0 Å². The number of ether oxygens (including phenoxy) is 3. The monoisotopic (exact) mass is 487 g/mol. The third-order valence-electron chi connectivity index (χ3n) is 7.22. The van der Waals surface area contributed by atoms with E-state index >= 15 is 0 Å². The lowest BCUT2D eigenvalue weighted by molar-refractivity contribution is 0.354. The first-order chi connectivity index (χ1) is 18.2. The molecule has 0 saturated carbocycles. The minimum Gasteiger partial charge on any atom is -0.497 e. The minimum atomic E-state index is 0.735. The van der Waals surface area contributed by atoms with E-state index in [1.54, 1.807) is 21.3 Å². The van der Waals surface area contributed by atoms with E-state index in [0.717, 1.165) is 35.8 Å². The Hall–Kier alpha value is -4.44. The van der Waals surface area contributed by atoms with Gasteiger partial charge in [0.15, 0.2) is 11.5 Å². The molecule has 0 atom stereocenters. The first kappa shape index (κ1) is 23.0. The summed E-state index contributed by atoms with van der Waals surface area (Å²) >= 11 is 0. The molecule has 0 spiro atoms. The summed E-state index contributed by atoms with van der Waals surface area (Å²) in [4.78, 5) is 0. The van der Waals surface area contributed by atoms with Gasteiger partial charge < -0.3 is 18.8 Å². The van der Waals surface area contributed by atoms with Gasteiger partial charge in [0.1, 0.15) is 5.75 Å². The highest BCUT2D eigenvalue weighted by atomic mass is 16.5. The normalized spacial score (nSPS) is 12.0. The summed E-state index contributed by atoms with van der Waals surface area (Å²) in [5.41, 5.74) is 10.8. The SMILES string of the molecule is COc1ccc(-c2c(-c3ccccc3)c(-c3ccccc3)n3c2-c2cc(OC)c(OC)cc2CC3)cc1. The molecule has 4 heteroatoms. The van der Waals surface area contributed by atoms with Crippen molar-refractivity contribution in [3.8, 4) is 62.0 Å². The van der Waals surface area contributed by atoms with Crippen LogP contribution < -0.4 is 14.2 Å². The Labute approximate surface area is 217 Å². The van der Waals surface area contributed by atoms with Crippen LogP contribution in [0.25, 0.3) is 44.8 Å². The molecule has 1 aromatic heterocycles. The van der Waals surface area contributed by atoms with E-state index in [1.807, 2.05) is 12.1 Å². The third-order valence-corrected chi connectivity index (χ3v) is 7.22. The number of aryl methyl sites for hydroxylation is 1. The van der Waals surface area contributed by atoms with Crippen molar-refractivity contribution < 1.29 is 14.2 Å². The van der Waals surface area contributed by atoms with Crippen LogP contribution >= 0.6 is 0 Å². The molecule has 0 N–H and O–H groups in total. The summed E-state index contributed by atoms with van der Waals surface area (Å²) in [7, 11) is 5.09. The number of nitrogens with zero attached hydrogens (tertiary/aromatic N) is 1. The van der Waals surface area contributed by atoms with Crippen LogP contribution in [0.4, 0.5) is 0 Å². The minimum absolute atomic E-state index is 0.735. The molecule has 37 heavy (non-hydrogen) atoms. The average Bonchev–Trinajstić information content (AvgIpc) is 3.33. The van der Waals surface area contributed by atoms with Gasteiger partial charge in [-0.25, -0.2) is 0 Å². The van der Waals surface area contributed by atoms with Gasteiger partial charge in [-0.2, -0.15) is 0 Å². The van der Waals surface area contributed by atoms with Crippen molar-refractivity contribution in [2.75, 3.05) is 21.3 Å². The fraction of sp³-hybridized carbons (Fsp3) is 0.152. The molecule has 0 amide bonds. The molecule has 1 aliphatic rings. The topological polar surface area (TPSA) is 32.6 Å². The molecule has 6 rings (SSSR count). The van der Waals surface area contributed by atoms with Crippen LogP contribution in [0.5, 0.6) is 17.2 Å². The zero-order valence-corrected chi connectivity index (χ0v) is 21.3. The lowest BCUT2D eigenvalue weighted by Gasteiger charge is -2.24. The number of methoxy groups -OCH3 is 3. The fourth-order valence-electron chi connectivity index (χ4n) is 5.52. The summed E-state index contributed by atoms with van der Waals surface area (Å²) in [6, 6.07) is 34.1. The molecular formula is C33H29NO3. The summed E-state index contributed by atoms with van der Waals surface area (Å²) < 4.78 is 19.4. The quantitative estimate of drug-likeness (QED) is 0.246. The number of benzene rings is 4. The van der Waals surface area contributed by atoms with E-state index in [2.05, 4.69) is 89.5 Å². The van der Waals surface area contributed by atoms with Crippen LogP contribution in [0.15, 0.2) is 97.1 Å². The molecule has 0 bridgehead atoms. The van der Waals surface area contributed by atoms with Crippen LogP contribution in [0.3, 0.4) is 0 Å². The van der Waals surface area contributed by atoms with Gasteiger partial charge in [0, 0.05) is 23.2 Å². The Kier molecular flexibility index (Phi) is 5.93. The Bertz CT molecular complexity index is 1550. The van der Waals surface area contributed by atoms with Crippen molar-refractivity contribution in [1.82, 2.24) is 4.57 Å². The van der Waals surface area contributed by atoms with E-state index in [4.69, 9.17) is 14.2 Å². The third kappa shape index (κ3) is 3.86. The lowest BCUT2D eigenvalue weighted by Crippen LogP contribution is -2.12. The predicted molar refractivity (Wildman–Crippen MR) is 150 cm³/mol. The van der Waals surface area contributed by atoms with Gasteiger partial charge in [0.25, 0.3) is 0 Å². The summed E-state index contributed by atoms with van der Waals surface area (Å²) in [5, 5.41) is 0. The highest BCUT2D eigenvalue weighted by molar-refractivity contribution is 6.03. The molecule has 0 aliphatic carbocycles. The molecule has 2 heterocycles. The van der Waals surface area contributed by atoms with Gasteiger partial charge in [-0.1, -0.05) is 72.8 Å². The predicted octanol–water partition coefficient (Wildman–Crippen LogP) is 7.74. The fourth-order valence-corrected chi connectivity index (χ4v) is 5.52. The van der Waals surface area contributed by atoms with Crippen molar-refractivity contribution in [1.29, 1.82) is 0 Å². The zero-order valence-electron chi connectivity index (χ0n) is 21.3. The molecule has 4 aromatic carbocycles. The molecule has 0 saturated heterocycles. The Morgan fingerprint density at radius 2 is 1.14 bits per heavy atom. The second-order valence-electron chi connectivity index (χ2n) is 9.17. The highest BCUT2D eigenvalue weighted by Crippen LogP contribution is 2.52. The molecular weight excluding hydrogens is 458 g/mol. The van der Waals surface area contributed by atoms with E-state index in [-0.39, 0.29) is 0 Å². The zero-order chi connectivity index (χ0) is 25.4. The summed E-state index contributed by atoms with van der Waals surface area (Å²) in [6.45, 7) is 0.873. The summed E-state index contributed by atoms with van der Waals surface area (Å²) in [6.07, 6.45) is 0.910. The smallest absolute Gasteiger partial charge is 0.161 e. The van der Waals surface area contributed by atoms with Gasteiger partial charge in [0.2, 0.25) is 0 Å². The first-order valence-electron chi connectivity index (χ1n) is 12.5. The van der Waals surface area contributed by atoms with Gasteiger partial charge in [-0.05, 0) is 52.9 Å². The molecule has 184 valence electrons. The number of hydrogen-bond donors (Lipinski definition) is 0. The summed E-state index contributed by atoms with van der Waals surface area (Å²) in [5.74, 6) is 2.34. The maximum Gasteiger partial charge on any atom is 0.161 e. The molecule has 1 aliphatic heterocycles. The van der Waals surface area contributed by atoms with Crippen molar-refractivity contribution in [3.05, 3.63) is 103 Å². The van der Waals surface area contributed by atoms with E-state index < -0.39 is 0 Å². The number of rotatable bonds is 6. The van der Waals surface area contributed by atoms with Crippen molar-refractivity contribution in [2.45, 2.75) is 13.0 Å². The van der Waals surface area contributed by atoms with Crippen LogP contribution in [-0.4, -0.2) is 25.9 Å². The van der Waals surface area contributed by atoms with Crippen molar-refractivity contribution >= 4 is 0 Å². The highest BCUT2D eigenvalue weighted by Gasteiger charge is 2.31. The van der Waals surface area contributed by atoms with Crippen LogP contribution in [0.2, 0.25) is 0 Å². The molecule has 0 unspecified atom stereocenters. The van der Waals surface area contributed by atoms with Crippen LogP contribution in [0, 0.1) is 0 Å². The largest absolute Gasteiger partial charge is 0.497 e. The molecule has 0 fully saturated rings. The standard InChI is InChI=1S/C33H29NO3/c1-35-26-16-14-23(15-17-26)31-30(22-10-6-4-7-11-22)32(24-12-8-5-9-13-24)34-19-18-25-20-28(36-2)29(37-3)21-27(25)33(31)34/h4-17,20-21H,18-19H2,1-3H3. The molecule has 0 radical (unpaired) electrons. The Balaban J connectivity index is 1.75. The lowest BCUT2D eigenvalue weighted by atomic mass is 9.89. The average molecular weight is 488 g/mol. The number of hydrogen-bond acceptors (Lipinski definition) is 3. The van der Waals surface area contributed by atoms with Gasteiger partial charge in [-0.3, -0.25) is 0 Å². The first-order valence-corrected chi connectivity index (χ1v) is 12.5. The molecule has 4 nitrogen and oxygen atoms in total. The van der Waals surface area contributed by atoms with Crippen LogP contribution in [-0.2, 0) is 13.0 Å². The van der Waals surface area contributed by atoms with E-state index in [1.165, 1.54) is 44.8 Å². The van der Waals surface area contributed by atoms with Gasteiger partial charge in [0.05, 0.1) is 32.7 Å². The maximum absolute atomic E-state index is 5.75. The van der Waals surface area contributed by atoms with E-state index in [9.17, 15) is 0 Å². The van der Waals surface area contributed by atoms with Crippen molar-refractivity contribution in [3.63, 3.8) is 0 Å². The van der Waals surface area contributed by atoms with Gasteiger partial charge >= 0.3 is 0 Å². The van der Waals surface area contributed by atoms with Crippen LogP contribution in [0.1, 0.15) is 5.56 Å². The number of aromatic nitrogens is 1. The Morgan fingerprint density at radius 3 is 1.76 bits per heavy atom. The second kappa shape index (κ2) is 9.55. The Morgan fingerprint density at radius 1 is 0.568 bits per heavy atom. The van der Waals surface area contributed by atoms with E-state index in [0.29, 0.717) is 0 Å². The van der Waals surface area contributed by atoms with Crippen molar-refractivity contribution in [2.24, 2.45) is 0 Å². The number of fused-ring (bicyclic) bond motifs is 3. The molecule has 5 aromatic rings.